The van der Waals surface area contributed by atoms with Gasteiger partial charge in [0, 0.05) is 4.47 Å². The van der Waals surface area contributed by atoms with Gasteiger partial charge in [-0.15, -0.1) is 11.3 Å². The lowest BCUT2D eigenvalue weighted by molar-refractivity contribution is -0.123. The van der Waals surface area contributed by atoms with E-state index in [0.717, 1.165) is 4.47 Å². The van der Waals surface area contributed by atoms with Gasteiger partial charge in [0.2, 0.25) is 0 Å². The summed E-state index contributed by atoms with van der Waals surface area (Å²) in [5.41, 5.74) is 4.73. The summed E-state index contributed by atoms with van der Waals surface area (Å²) in [6, 6.07) is 8.45. The van der Waals surface area contributed by atoms with Crippen LogP contribution in [0.4, 0.5) is 0 Å². The van der Waals surface area contributed by atoms with Crippen LogP contribution in [-0.4, -0.2) is 23.5 Å². The van der Waals surface area contributed by atoms with Crippen LogP contribution in [0.5, 0.6) is 5.75 Å². The van der Waals surface area contributed by atoms with Gasteiger partial charge in [-0.1, -0.05) is 33.6 Å². The monoisotopic (exact) mass is 447 g/mol. The summed E-state index contributed by atoms with van der Waals surface area (Å²) >= 11 is 15.4. The van der Waals surface area contributed by atoms with Gasteiger partial charge in [-0.25, -0.2) is 0 Å². The lowest BCUT2D eigenvalue weighted by Crippen LogP contribution is -2.49. The molecule has 0 aliphatic carbocycles. The van der Waals surface area contributed by atoms with Gasteiger partial charge >= 0.3 is 0 Å². The molecule has 0 aliphatic rings. The zero-order valence-corrected chi connectivity index (χ0v) is 15.9. The summed E-state index contributed by atoms with van der Waals surface area (Å²) in [6.07, 6.45) is 0. The molecule has 0 spiro atoms. The van der Waals surface area contributed by atoms with Crippen molar-refractivity contribution >= 4 is 68.0 Å². The summed E-state index contributed by atoms with van der Waals surface area (Å²) in [5, 5.41) is 4.57. The van der Waals surface area contributed by atoms with Crippen LogP contribution in [0.3, 0.4) is 0 Å². The van der Waals surface area contributed by atoms with Crippen molar-refractivity contribution < 1.29 is 14.3 Å². The first kappa shape index (κ1) is 18.7. The third kappa shape index (κ3) is 5.75. The summed E-state index contributed by atoms with van der Waals surface area (Å²) in [4.78, 5) is 24.0. The molecule has 0 unspecified atom stereocenters. The molecule has 1 heterocycles. The molecule has 1 aromatic carbocycles. The van der Waals surface area contributed by atoms with Gasteiger partial charge in [-0.2, -0.15) is 0 Å². The minimum atomic E-state index is -0.485. The van der Waals surface area contributed by atoms with Crippen molar-refractivity contribution in [1.29, 1.82) is 0 Å². The highest BCUT2D eigenvalue weighted by atomic mass is 79.9. The van der Waals surface area contributed by atoms with Gasteiger partial charge in [0.15, 0.2) is 11.7 Å². The van der Waals surface area contributed by atoms with E-state index in [2.05, 4.69) is 32.1 Å². The number of hydrogen-bond acceptors (Lipinski definition) is 5. The fourth-order valence-corrected chi connectivity index (χ4v) is 2.99. The number of benzene rings is 1. The summed E-state index contributed by atoms with van der Waals surface area (Å²) < 4.78 is 6.10. The Labute approximate surface area is 160 Å². The van der Waals surface area contributed by atoms with E-state index in [1.165, 1.54) is 11.3 Å². The van der Waals surface area contributed by atoms with Crippen LogP contribution in [0.15, 0.2) is 40.2 Å². The second-order valence-corrected chi connectivity index (χ2v) is 6.98. The predicted octanol–water partition coefficient (Wildman–Crippen LogP) is 2.88. The number of hydrogen-bond donors (Lipinski definition) is 3. The zero-order chi connectivity index (χ0) is 17.5. The number of ether oxygens (including phenoxy) is 1. The summed E-state index contributed by atoms with van der Waals surface area (Å²) in [5.74, 6) is -0.458. The molecule has 2 amide bonds. The molecule has 6 nitrogen and oxygen atoms in total. The molecule has 0 radical (unpaired) electrons. The number of carbonyl (C=O) groups is 2. The van der Waals surface area contributed by atoms with Gasteiger partial charge in [0.1, 0.15) is 5.75 Å². The van der Waals surface area contributed by atoms with Gasteiger partial charge < -0.3 is 4.74 Å². The molecule has 0 bridgehead atoms. The van der Waals surface area contributed by atoms with Gasteiger partial charge in [0.05, 0.1) is 9.90 Å². The lowest BCUT2D eigenvalue weighted by Gasteiger charge is -2.11. The van der Waals surface area contributed by atoms with Crippen LogP contribution in [0.25, 0.3) is 0 Å². The molecular formula is C14H11BrClN3O3S2. The molecule has 3 N–H and O–H groups in total. The van der Waals surface area contributed by atoms with Gasteiger partial charge in [-0.05, 0) is 41.9 Å². The van der Waals surface area contributed by atoms with E-state index >= 15 is 0 Å². The molecular weight excluding hydrogens is 438 g/mol. The van der Waals surface area contributed by atoms with E-state index in [1.807, 2.05) is 0 Å². The van der Waals surface area contributed by atoms with Crippen LogP contribution < -0.4 is 20.9 Å². The Morgan fingerprint density at radius 2 is 2.08 bits per heavy atom. The highest BCUT2D eigenvalue weighted by Gasteiger charge is 2.10. The van der Waals surface area contributed by atoms with Crippen LogP contribution in [0.2, 0.25) is 5.02 Å². The number of rotatable bonds is 4. The largest absolute Gasteiger partial charge is 0.482 e. The molecule has 0 saturated carbocycles. The minimum absolute atomic E-state index is 0.0246. The quantitative estimate of drug-likeness (QED) is 0.495. The SMILES string of the molecule is O=C(COc1ccc(Br)cc1Cl)NNC(=S)NC(=O)c1cccs1. The van der Waals surface area contributed by atoms with Crippen molar-refractivity contribution in [3.63, 3.8) is 0 Å². The Morgan fingerprint density at radius 3 is 2.75 bits per heavy atom. The number of carbonyl (C=O) groups excluding carboxylic acids is 2. The van der Waals surface area contributed by atoms with E-state index < -0.39 is 5.91 Å². The van der Waals surface area contributed by atoms with E-state index in [9.17, 15) is 9.59 Å². The second kappa shape index (κ2) is 8.97. The fourth-order valence-electron chi connectivity index (χ4n) is 1.50. The lowest BCUT2D eigenvalue weighted by atomic mass is 10.3. The van der Waals surface area contributed by atoms with Gasteiger partial charge in [-0.3, -0.25) is 25.8 Å². The van der Waals surface area contributed by atoms with Crippen molar-refractivity contribution in [2.24, 2.45) is 0 Å². The number of thiophene rings is 1. The van der Waals surface area contributed by atoms with E-state index in [1.54, 1.807) is 35.7 Å². The molecule has 2 rings (SSSR count). The van der Waals surface area contributed by atoms with Crippen LogP contribution in [-0.2, 0) is 4.79 Å². The second-order valence-electron chi connectivity index (χ2n) is 4.30. The first-order valence-corrected chi connectivity index (χ1v) is 8.93. The Morgan fingerprint density at radius 1 is 1.29 bits per heavy atom. The Kier molecular flexibility index (Phi) is 6.98. The standard InChI is InChI=1S/C14H11BrClN3O3S2/c15-8-3-4-10(9(16)6-8)22-7-12(20)18-19-14(23)17-13(21)11-2-1-5-24-11/h1-6H,7H2,(H,18,20)(H2,17,19,21,23). The van der Waals surface area contributed by atoms with Crippen molar-refractivity contribution in [1.82, 2.24) is 16.2 Å². The van der Waals surface area contributed by atoms with Crippen LogP contribution in [0, 0.1) is 0 Å². The fraction of sp³-hybridized carbons (Fsp3) is 0.0714. The Hall–Kier alpha value is -1.68. The highest BCUT2D eigenvalue weighted by Crippen LogP contribution is 2.27. The number of hydrazine groups is 1. The zero-order valence-electron chi connectivity index (χ0n) is 12.0. The summed E-state index contributed by atoms with van der Waals surface area (Å²) in [7, 11) is 0. The number of thiocarbonyl (C=S) groups is 1. The first-order chi connectivity index (χ1) is 11.5. The van der Waals surface area contributed by atoms with Crippen molar-refractivity contribution in [2.45, 2.75) is 0 Å². The molecule has 126 valence electrons. The van der Waals surface area contributed by atoms with E-state index in [0.29, 0.717) is 15.6 Å². The maximum absolute atomic E-state index is 11.8. The molecule has 1 aromatic heterocycles. The first-order valence-electron chi connectivity index (χ1n) is 6.47. The smallest absolute Gasteiger partial charge is 0.276 e. The average molecular weight is 449 g/mol. The van der Waals surface area contributed by atoms with Crippen LogP contribution in [0.1, 0.15) is 9.67 Å². The highest BCUT2D eigenvalue weighted by molar-refractivity contribution is 9.10. The normalized spacial score (nSPS) is 9.92. The number of nitrogens with one attached hydrogen (secondary N) is 3. The molecule has 2 aromatic rings. The maximum atomic E-state index is 11.8. The third-order valence-corrected chi connectivity index (χ3v) is 4.40. The topological polar surface area (TPSA) is 79.5 Å². The minimum Gasteiger partial charge on any atom is -0.482 e. The van der Waals surface area contributed by atoms with Crippen molar-refractivity contribution in [3.8, 4) is 5.75 Å². The van der Waals surface area contributed by atoms with E-state index in [4.69, 9.17) is 28.6 Å². The number of amides is 2. The average Bonchev–Trinajstić information content (AvgIpc) is 3.06. The molecule has 0 aliphatic heterocycles. The number of halogens is 2. The van der Waals surface area contributed by atoms with Crippen molar-refractivity contribution in [3.05, 3.63) is 50.1 Å². The Balaban J connectivity index is 1.72. The molecule has 10 heteroatoms. The predicted molar refractivity (Wildman–Crippen MR) is 100 cm³/mol. The van der Waals surface area contributed by atoms with Crippen LogP contribution >= 0.6 is 51.1 Å². The summed E-state index contributed by atoms with van der Waals surface area (Å²) in [6.45, 7) is -0.268. The maximum Gasteiger partial charge on any atom is 0.276 e. The molecule has 0 saturated heterocycles. The third-order valence-electron chi connectivity index (χ3n) is 2.54. The molecule has 24 heavy (non-hydrogen) atoms. The Bertz CT molecular complexity index is 756. The molecule has 0 atom stereocenters. The van der Waals surface area contributed by atoms with Crippen molar-refractivity contribution in [2.75, 3.05) is 6.61 Å². The van der Waals surface area contributed by atoms with Gasteiger partial charge in [0.25, 0.3) is 11.8 Å². The van der Waals surface area contributed by atoms with E-state index in [-0.39, 0.29) is 17.6 Å². The molecule has 0 fully saturated rings.